The van der Waals surface area contributed by atoms with Gasteiger partial charge in [-0.25, -0.2) is 0 Å². The minimum Gasteiger partial charge on any atom is -0.494 e. The summed E-state index contributed by atoms with van der Waals surface area (Å²) in [6, 6.07) is 8.37. The zero-order valence-electron chi connectivity index (χ0n) is 9.70. The fourth-order valence-corrected chi connectivity index (χ4v) is 1.65. The molecule has 0 aliphatic carbocycles. The summed E-state index contributed by atoms with van der Waals surface area (Å²) >= 11 is 0. The van der Waals surface area contributed by atoms with Gasteiger partial charge in [-0.2, -0.15) is 0 Å². The van der Waals surface area contributed by atoms with Crippen molar-refractivity contribution in [2.45, 2.75) is 32.6 Å². The summed E-state index contributed by atoms with van der Waals surface area (Å²) < 4.78 is 5.40. The van der Waals surface area contributed by atoms with Crippen molar-refractivity contribution in [3.05, 3.63) is 29.8 Å². The van der Waals surface area contributed by atoms with Crippen LogP contribution in [0, 0.1) is 0 Å². The molecule has 0 fully saturated rings. The molecule has 1 aromatic carbocycles. The molecule has 15 heavy (non-hydrogen) atoms. The fourth-order valence-electron chi connectivity index (χ4n) is 1.65. The molecular weight excluding hydrogens is 186 g/mol. The van der Waals surface area contributed by atoms with E-state index < -0.39 is 0 Å². The SMILES string of the molecule is CCOc1ccc(C(C)CCCN)cc1. The first-order chi connectivity index (χ1) is 7.27. The Labute approximate surface area is 92.4 Å². The minimum atomic E-state index is 0.587. The standard InChI is InChI=1S/C13H21NO/c1-3-15-13-8-6-12(7-9-13)11(2)5-4-10-14/h6-9,11H,3-5,10,14H2,1-2H3. The van der Waals surface area contributed by atoms with Crippen molar-refractivity contribution < 1.29 is 4.74 Å². The molecule has 1 atom stereocenters. The van der Waals surface area contributed by atoms with E-state index in [2.05, 4.69) is 19.1 Å². The zero-order valence-corrected chi connectivity index (χ0v) is 9.70. The average molecular weight is 207 g/mol. The Hall–Kier alpha value is -1.02. The highest BCUT2D eigenvalue weighted by molar-refractivity contribution is 5.29. The Balaban J connectivity index is 2.54. The van der Waals surface area contributed by atoms with Crippen LogP contribution in [0.1, 0.15) is 38.2 Å². The Bertz CT molecular complexity index is 268. The van der Waals surface area contributed by atoms with Gasteiger partial charge in [0.1, 0.15) is 5.75 Å². The Kier molecular flexibility index (Phi) is 5.19. The number of rotatable bonds is 6. The van der Waals surface area contributed by atoms with Gasteiger partial charge in [0.2, 0.25) is 0 Å². The highest BCUT2D eigenvalue weighted by Gasteiger charge is 2.04. The molecule has 0 aliphatic heterocycles. The zero-order chi connectivity index (χ0) is 11.1. The molecule has 0 saturated heterocycles. The summed E-state index contributed by atoms with van der Waals surface area (Å²) in [5.74, 6) is 1.54. The van der Waals surface area contributed by atoms with E-state index in [1.165, 1.54) is 5.56 Å². The van der Waals surface area contributed by atoms with E-state index in [1.807, 2.05) is 19.1 Å². The highest BCUT2D eigenvalue weighted by Crippen LogP contribution is 2.22. The topological polar surface area (TPSA) is 35.2 Å². The van der Waals surface area contributed by atoms with Crippen molar-refractivity contribution in [1.29, 1.82) is 0 Å². The summed E-state index contributed by atoms with van der Waals surface area (Å²) in [6.07, 6.45) is 2.25. The van der Waals surface area contributed by atoms with Crippen LogP contribution in [0.5, 0.6) is 5.75 Å². The summed E-state index contributed by atoms with van der Waals surface area (Å²) in [6.45, 7) is 5.74. The lowest BCUT2D eigenvalue weighted by molar-refractivity contribution is 0.340. The van der Waals surface area contributed by atoms with E-state index >= 15 is 0 Å². The van der Waals surface area contributed by atoms with Gasteiger partial charge in [-0.05, 0) is 49.9 Å². The molecule has 0 amide bonds. The molecule has 2 nitrogen and oxygen atoms in total. The van der Waals surface area contributed by atoms with Gasteiger partial charge in [-0.3, -0.25) is 0 Å². The average Bonchev–Trinajstić information content (AvgIpc) is 2.27. The van der Waals surface area contributed by atoms with E-state index in [0.29, 0.717) is 5.92 Å². The Morgan fingerprint density at radius 1 is 1.27 bits per heavy atom. The van der Waals surface area contributed by atoms with E-state index in [-0.39, 0.29) is 0 Å². The van der Waals surface area contributed by atoms with Crippen molar-refractivity contribution in [3.8, 4) is 5.75 Å². The summed E-state index contributed by atoms with van der Waals surface area (Å²) in [7, 11) is 0. The second-order valence-electron chi connectivity index (χ2n) is 3.83. The number of nitrogens with two attached hydrogens (primary N) is 1. The van der Waals surface area contributed by atoms with E-state index in [1.54, 1.807) is 0 Å². The van der Waals surface area contributed by atoms with Gasteiger partial charge in [0, 0.05) is 0 Å². The molecule has 0 aromatic heterocycles. The molecule has 0 aliphatic rings. The van der Waals surface area contributed by atoms with Crippen molar-refractivity contribution in [3.63, 3.8) is 0 Å². The Morgan fingerprint density at radius 2 is 1.93 bits per heavy atom. The van der Waals surface area contributed by atoms with E-state index in [4.69, 9.17) is 10.5 Å². The van der Waals surface area contributed by atoms with Gasteiger partial charge < -0.3 is 10.5 Å². The lowest BCUT2D eigenvalue weighted by atomic mass is 9.96. The van der Waals surface area contributed by atoms with Crippen LogP contribution in [-0.4, -0.2) is 13.2 Å². The first kappa shape index (κ1) is 12.1. The second kappa shape index (κ2) is 6.46. The number of benzene rings is 1. The molecule has 2 heteroatoms. The third-order valence-electron chi connectivity index (χ3n) is 2.60. The first-order valence-electron chi connectivity index (χ1n) is 5.70. The van der Waals surface area contributed by atoms with Gasteiger partial charge >= 0.3 is 0 Å². The monoisotopic (exact) mass is 207 g/mol. The van der Waals surface area contributed by atoms with Gasteiger partial charge in [-0.15, -0.1) is 0 Å². The molecule has 0 radical (unpaired) electrons. The maximum Gasteiger partial charge on any atom is 0.119 e. The molecule has 1 unspecified atom stereocenters. The summed E-state index contributed by atoms with van der Waals surface area (Å²) in [5, 5.41) is 0. The smallest absolute Gasteiger partial charge is 0.119 e. The number of hydrogen-bond donors (Lipinski definition) is 1. The minimum absolute atomic E-state index is 0.587. The predicted molar refractivity (Wildman–Crippen MR) is 64.3 cm³/mol. The van der Waals surface area contributed by atoms with Gasteiger partial charge in [0.05, 0.1) is 6.61 Å². The molecule has 0 saturated carbocycles. The van der Waals surface area contributed by atoms with Crippen molar-refractivity contribution in [2.75, 3.05) is 13.2 Å². The first-order valence-corrected chi connectivity index (χ1v) is 5.70. The van der Waals surface area contributed by atoms with Crippen LogP contribution < -0.4 is 10.5 Å². The van der Waals surface area contributed by atoms with Crippen LogP contribution in [0.3, 0.4) is 0 Å². The fraction of sp³-hybridized carbons (Fsp3) is 0.538. The maximum atomic E-state index is 5.50. The molecule has 2 N–H and O–H groups in total. The molecule has 84 valence electrons. The van der Waals surface area contributed by atoms with Crippen molar-refractivity contribution >= 4 is 0 Å². The van der Waals surface area contributed by atoms with Gasteiger partial charge in [0.15, 0.2) is 0 Å². The van der Waals surface area contributed by atoms with Crippen LogP contribution >= 0.6 is 0 Å². The Morgan fingerprint density at radius 3 is 2.47 bits per heavy atom. The number of hydrogen-bond acceptors (Lipinski definition) is 2. The third kappa shape index (κ3) is 3.92. The third-order valence-corrected chi connectivity index (χ3v) is 2.60. The predicted octanol–water partition coefficient (Wildman–Crippen LogP) is 2.93. The van der Waals surface area contributed by atoms with E-state index in [9.17, 15) is 0 Å². The molecule has 0 spiro atoms. The highest BCUT2D eigenvalue weighted by atomic mass is 16.5. The van der Waals surface area contributed by atoms with Crippen molar-refractivity contribution in [1.82, 2.24) is 0 Å². The molecule has 0 heterocycles. The molecular formula is C13H21NO. The van der Waals surface area contributed by atoms with Crippen LogP contribution in [0.2, 0.25) is 0 Å². The lowest BCUT2D eigenvalue weighted by Gasteiger charge is -2.11. The summed E-state index contributed by atoms with van der Waals surface area (Å²) in [5.41, 5.74) is 6.87. The number of ether oxygens (including phenoxy) is 1. The molecule has 0 bridgehead atoms. The largest absolute Gasteiger partial charge is 0.494 e. The second-order valence-corrected chi connectivity index (χ2v) is 3.83. The van der Waals surface area contributed by atoms with Crippen molar-refractivity contribution in [2.24, 2.45) is 5.73 Å². The van der Waals surface area contributed by atoms with Crippen LogP contribution in [0.4, 0.5) is 0 Å². The molecule has 1 aromatic rings. The lowest BCUT2D eigenvalue weighted by Crippen LogP contribution is -2.02. The van der Waals surface area contributed by atoms with Crippen LogP contribution in [0.25, 0.3) is 0 Å². The quantitative estimate of drug-likeness (QED) is 0.778. The van der Waals surface area contributed by atoms with Crippen LogP contribution in [-0.2, 0) is 0 Å². The van der Waals surface area contributed by atoms with Gasteiger partial charge in [0.25, 0.3) is 0 Å². The van der Waals surface area contributed by atoms with Gasteiger partial charge in [-0.1, -0.05) is 19.1 Å². The normalized spacial score (nSPS) is 12.5. The van der Waals surface area contributed by atoms with Crippen LogP contribution in [0.15, 0.2) is 24.3 Å². The molecule has 1 rings (SSSR count). The maximum absolute atomic E-state index is 5.50. The van der Waals surface area contributed by atoms with E-state index in [0.717, 1.165) is 31.7 Å². The summed E-state index contributed by atoms with van der Waals surface area (Å²) in [4.78, 5) is 0.